The number of amides is 3. The summed E-state index contributed by atoms with van der Waals surface area (Å²) >= 11 is 0. The highest BCUT2D eigenvalue weighted by molar-refractivity contribution is 6.06. The average molecular weight is 391 g/mol. The van der Waals surface area contributed by atoms with Crippen LogP contribution >= 0.6 is 0 Å². The van der Waals surface area contributed by atoms with Crippen LogP contribution in [0.2, 0.25) is 0 Å². The summed E-state index contributed by atoms with van der Waals surface area (Å²) in [4.78, 5) is 26.1. The van der Waals surface area contributed by atoms with Gasteiger partial charge in [0.05, 0.1) is 6.54 Å². The Kier molecular flexibility index (Phi) is 8.30. The number of carbonyl (C=O) groups excluding carboxylic acids is 2. The van der Waals surface area contributed by atoms with Crippen LogP contribution in [0.5, 0.6) is 5.75 Å². The maximum absolute atomic E-state index is 12.7. The lowest BCUT2D eigenvalue weighted by molar-refractivity contribution is -0.132. The number of hydrogen-bond acceptors (Lipinski definition) is 4. The molecular formula is C22H34N2O4. The van der Waals surface area contributed by atoms with Gasteiger partial charge in [0.15, 0.2) is 0 Å². The van der Waals surface area contributed by atoms with Crippen molar-refractivity contribution in [1.82, 2.24) is 10.2 Å². The molecule has 6 nitrogen and oxygen atoms in total. The minimum atomic E-state index is -0.938. The van der Waals surface area contributed by atoms with E-state index in [2.05, 4.69) is 19.2 Å². The number of urea groups is 1. The number of carbonyl (C=O) groups is 2. The number of imide groups is 1. The van der Waals surface area contributed by atoms with Gasteiger partial charge in [0.2, 0.25) is 0 Å². The monoisotopic (exact) mass is 390 g/mol. The van der Waals surface area contributed by atoms with Crippen LogP contribution in [0.15, 0.2) is 24.3 Å². The topological polar surface area (TPSA) is 78.9 Å². The molecule has 0 bridgehead atoms. The van der Waals surface area contributed by atoms with Gasteiger partial charge in [-0.1, -0.05) is 58.1 Å². The molecule has 0 saturated carbocycles. The number of rotatable bonds is 12. The molecule has 2 rings (SSSR count). The Morgan fingerprint density at radius 2 is 1.79 bits per heavy atom. The third kappa shape index (κ3) is 5.96. The van der Waals surface area contributed by atoms with Crippen LogP contribution in [-0.2, 0) is 11.2 Å². The van der Waals surface area contributed by atoms with Crippen LogP contribution in [-0.4, -0.2) is 46.7 Å². The first kappa shape index (κ1) is 22.2. The van der Waals surface area contributed by atoms with Gasteiger partial charge in [-0.15, -0.1) is 0 Å². The highest BCUT2D eigenvalue weighted by atomic mass is 16.5. The number of aliphatic hydroxyl groups excluding tert-OH is 1. The van der Waals surface area contributed by atoms with Gasteiger partial charge in [0.25, 0.3) is 5.91 Å². The number of nitrogens with one attached hydrogen (secondary N) is 1. The second-order valence-electron chi connectivity index (χ2n) is 7.80. The van der Waals surface area contributed by atoms with Crippen LogP contribution in [0.1, 0.15) is 64.9 Å². The smallest absolute Gasteiger partial charge is 0.325 e. The van der Waals surface area contributed by atoms with Crippen LogP contribution in [0.25, 0.3) is 0 Å². The molecule has 1 aliphatic rings. The molecule has 2 atom stereocenters. The number of β-amino-alcohol motifs (C(OH)–C–C–N with tert-alkyl or cyclic N) is 1. The fraction of sp³-hybridized carbons (Fsp3) is 0.636. The summed E-state index contributed by atoms with van der Waals surface area (Å²) in [6.07, 6.45) is 6.09. The largest absolute Gasteiger partial charge is 0.491 e. The number of nitrogens with zero attached hydrogens (tertiary/aromatic N) is 1. The van der Waals surface area contributed by atoms with Crippen LogP contribution in [0.4, 0.5) is 4.79 Å². The summed E-state index contributed by atoms with van der Waals surface area (Å²) in [5.74, 6) is 0.393. The van der Waals surface area contributed by atoms with Crippen molar-refractivity contribution in [3.8, 4) is 5.75 Å². The van der Waals surface area contributed by atoms with Gasteiger partial charge in [-0.05, 0) is 37.5 Å². The molecule has 0 aliphatic carbocycles. The molecule has 1 heterocycles. The zero-order valence-electron chi connectivity index (χ0n) is 17.4. The standard InChI is InChI=1S/C22H34N2O4/c1-4-6-7-8-9-14-22(3)20(26)24(21(27)23-22)15-18(25)16-28-19-12-10-17(5-2)11-13-19/h10-13,18,25H,4-9,14-16H2,1-3H3,(H,23,27). The molecule has 28 heavy (non-hydrogen) atoms. The normalized spacial score (nSPS) is 20.4. The van der Waals surface area contributed by atoms with Crippen molar-refractivity contribution in [3.63, 3.8) is 0 Å². The molecule has 2 unspecified atom stereocenters. The van der Waals surface area contributed by atoms with E-state index >= 15 is 0 Å². The van der Waals surface area contributed by atoms with E-state index < -0.39 is 17.7 Å². The van der Waals surface area contributed by atoms with E-state index in [9.17, 15) is 14.7 Å². The van der Waals surface area contributed by atoms with E-state index in [4.69, 9.17) is 4.74 Å². The van der Waals surface area contributed by atoms with E-state index in [1.54, 1.807) is 6.92 Å². The summed E-state index contributed by atoms with van der Waals surface area (Å²) in [7, 11) is 0. The van der Waals surface area contributed by atoms with Gasteiger partial charge in [-0.2, -0.15) is 0 Å². The molecule has 6 heteroatoms. The molecule has 1 aromatic carbocycles. The molecule has 0 aromatic heterocycles. The van der Waals surface area contributed by atoms with Gasteiger partial charge < -0.3 is 15.2 Å². The Morgan fingerprint density at radius 1 is 1.11 bits per heavy atom. The van der Waals surface area contributed by atoms with E-state index in [-0.39, 0.29) is 19.1 Å². The Bertz CT molecular complexity index is 646. The first-order chi connectivity index (χ1) is 13.4. The maximum atomic E-state index is 12.7. The Morgan fingerprint density at radius 3 is 2.43 bits per heavy atom. The third-order valence-electron chi connectivity index (χ3n) is 5.29. The summed E-state index contributed by atoms with van der Waals surface area (Å²) in [5, 5.41) is 13.1. The number of ether oxygens (including phenoxy) is 1. The second kappa shape index (κ2) is 10.5. The maximum Gasteiger partial charge on any atom is 0.325 e. The van der Waals surface area contributed by atoms with Crippen molar-refractivity contribution in [3.05, 3.63) is 29.8 Å². The predicted molar refractivity (Wildman–Crippen MR) is 109 cm³/mol. The summed E-state index contributed by atoms with van der Waals surface area (Å²) < 4.78 is 5.58. The van der Waals surface area contributed by atoms with E-state index in [0.29, 0.717) is 12.2 Å². The van der Waals surface area contributed by atoms with Gasteiger partial charge >= 0.3 is 6.03 Å². The lowest BCUT2D eigenvalue weighted by Crippen LogP contribution is -2.45. The van der Waals surface area contributed by atoms with Crippen molar-refractivity contribution in [2.75, 3.05) is 13.2 Å². The first-order valence-electron chi connectivity index (χ1n) is 10.4. The number of aliphatic hydroxyl groups is 1. The second-order valence-corrected chi connectivity index (χ2v) is 7.80. The van der Waals surface area contributed by atoms with E-state index in [1.807, 2.05) is 24.3 Å². The lowest BCUT2D eigenvalue weighted by atomic mass is 9.94. The minimum Gasteiger partial charge on any atom is -0.491 e. The fourth-order valence-electron chi connectivity index (χ4n) is 3.44. The minimum absolute atomic E-state index is 0.0241. The van der Waals surface area contributed by atoms with E-state index in [1.165, 1.54) is 18.4 Å². The van der Waals surface area contributed by atoms with Gasteiger partial charge in [0.1, 0.15) is 24.0 Å². The molecule has 3 amide bonds. The number of hydrogen-bond donors (Lipinski definition) is 2. The lowest BCUT2D eigenvalue weighted by Gasteiger charge is -2.22. The van der Waals surface area contributed by atoms with Gasteiger partial charge in [-0.25, -0.2) is 4.79 Å². The van der Waals surface area contributed by atoms with Crippen molar-refractivity contribution in [2.45, 2.75) is 77.4 Å². The van der Waals surface area contributed by atoms with Gasteiger partial charge in [-0.3, -0.25) is 9.69 Å². The fourth-order valence-corrected chi connectivity index (χ4v) is 3.44. The van der Waals surface area contributed by atoms with Crippen molar-refractivity contribution >= 4 is 11.9 Å². The zero-order valence-corrected chi connectivity index (χ0v) is 17.4. The SMILES string of the molecule is CCCCCCCC1(C)NC(=O)N(CC(O)COc2ccc(CC)cc2)C1=O. The summed E-state index contributed by atoms with van der Waals surface area (Å²) in [5.41, 5.74) is 0.334. The molecule has 2 N–H and O–H groups in total. The van der Waals surface area contributed by atoms with E-state index in [0.717, 1.165) is 30.6 Å². The van der Waals surface area contributed by atoms with Crippen molar-refractivity contribution < 1.29 is 19.4 Å². The molecule has 0 spiro atoms. The van der Waals surface area contributed by atoms with Crippen LogP contribution in [0.3, 0.4) is 0 Å². The average Bonchev–Trinajstić information content (AvgIpc) is 2.90. The first-order valence-corrected chi connectivity index (χ1v) is 10.4. The Hall–Kier alpha value is -2.08. The Balaban J connectivity index is 1.81. The summed E-state index contributed by atoms with van der Waals surface area (Å²) in [6.45, 7) is 5.97. The molecule has 156 valence electrons. The molecule has 1 aliphatic heterocycles. The van der Waals surface area contributed by atoms with Crippen molar-refractivity contribution in [1.29, 1.82) is 0 Å². The molecule has 0 radical (unpaired) electrons. The highest BCUT2D eigenvalue weighted by Crippen LogP contribution is 2.24. The van der Waals surface area contributed by atoms with Crippen LogP contribution in [0, 0.1) is 0 Å². The Labute approximate surface area is 168 Å². The molecule has 1 fully saturated rings. The van der Waals surface area contributed by atoms with Crippen molar-refractivity contribution in [2.24, 2.45) is 0 Å². The zero-order chi connectivity index (χ0) is 20.6. The number of unbranched alkanes of at least 4 members (excludes halogenated alkanes) is 4. The predicted octanol–water partition coefficient (Wildman–Crippen LogP) is 3.66. The molecule has 1 saturated heterocycles. The highest BCUT2D eigenvalue weighted by Gasteiger charge is 2.47. The van der Waals surface area contributed by atoms with Gasteiger partial charge in [0, 0.05) is 0 Å². The quantitative estimate of drug-likeness (QED) is 0.422. The molecular weight excluding hydrogens is 356 g/mol. The molecule has 1 aromatic rings. The summed E-state index contributed by atoms with van der Waals surface area (Å²) in [6, 6.07) is 7.23. The van der Waals surface area contributed by atoms with Crippen LogP contribution < -0.4 is 10.1 Å². The number of benzene rings is 1. The third-order valence-corrected chi connectivity index (χ3v) is 5.29. The number of aryl methyl sites for hydroxylation is 1.